The van der Waals surface area contributed by atoms with Gasteiger partial charge in [0.15, 0.2) is 7.14 Å². The standard InChI is InChI=1S/C25H24IN2O2S.C7H8O3S/c1-25(2,3)30-24(29)28(4)20-13-10-17(11-14-20)23-27-21-15-12-19(16-22(21)31-23)26-18-8-6-5-7-9-18;1-6-2-4-7(5-3-6)11(8,9)10/h5-16H,1-4H3;2-5H,1H3,(H,8,9,10)/q+1;/p-1. The van der Waals surface area contributed by atoms with Gasteiger partial charge < -0.3 is 9.29 Å². The molecular formula is C32H31IN2O5S2. The summed E-state index contributed by atoms with van der Waals surface area (Å²) in [5, 5.41) is 0.983. The third-order valence-corrected chi connectivity index (χ3v) is 10.3. The van der Waals surface area contributed by atoms with Gasteiger partial charge in [-0.2, -0.15) is 0 Å². The maximum atomic E-state index is 12.3. The van der Waals surface area contributed by atoms with E-state index in [1.54, 1.807) is 30.5 Å². The molecule has 5 rings (SSSR count). The van der Waals surface area contributed by atoms with Crippen molar-refractivity contribution in [3.63, 3.8) is 0 Å². The maximum Gasteiger partial charge on any atom is 0.414 e. The quantitative estimate of drug-likeness (QED) is 0.198. The normalized spacial score (nSPS) is 11.5. The van der Waals surface area contributed by atoms with E-state index in [1.165, 1.54) is 28.9 Å². The molecule has 0 bridgehead atoms. The van der Waals surface area contributed by atoms with Gasteiger partial charge in [-0.3, -0.25) is 4.90 Å². The zero-order chi connectivity index (χ0) is 30.5. The van der Waals surface area contributed by atoms with Gasteiger partial charge in [0.1, 0.15) is 20.7 Å². The van der Waals surface area contributed by atoms with Crippen LogP contribution in [0.1, 0.15) is 26.3 Å². The average molecular weight is 715 g/mol. The second-order valence-corrected chi connectivity index (χ2v) is 15.8. The van der Waals surface area contributed by atoms with Crippen LogP contribution >= 0.6 is 11.3 Å². The molecule has 0 aliphatic heterocycles. The first-order chi connectivity index (χ1) is 19.8. The number of amides is 1. The molecule has 0 spiro atoms. The fourth-order valence-electron chi connectivity index (χ4n) is 3.65. The number of fused-ring (bicyclic) bond motifs is 1. The summed E-state index contributed by atoms with van der Waals surface area (Å²) < 4.78 is 40.6. The Bertz CT molecular complexity index is 1760. The third-order valence-electron chi connectivity index (χ3n) is 5.78. The summed E-state index contributed by atoms with van der Waals surface area (Å²) in [7, 11) is -2.55. The molecule has 42 heavy (non-hydrogen) atoms. The molecule has 0 aliphatic rings. The van der Waals surface area contributed by atoms with Crippen molar-refractivity contribution < 1.29 is 43.7 Å². The lowest BCUT2D eigenvalue weighted by molar-refractivity contribution is -0.597. The highest BCUT2D eigenvalue weighted by atomic mass is 127. The zero-order valence-corrected chi connectivity index (χ0v) is 27.7. The first-order valence-corrected chi connectivity index (χ1v) is 17.4. The van der Waals surface area contributed by atoms with Gasteiger partial charge in [0, 0.05) is 24.4 Å². The van der Waals surface area contributed by atoms with Crippen LogP contribution in [0.2, 0.25) is 0 Å². The minimum Gasteiger partial charge on any atom is -0.744 e. The van der Waals surface area contributed by atoms with E-state index in [4.69, 9.17) is 9.72 Å². The molecule has 0 N–H and O–H groups in total. The average Bonchev–Trinajstić information content (AvgIpc) is 3.36. The van der Waals surface area contributed by atoms with Crippen molar-refractivity contribution in [1.82, 2.24) is 4.98 Å². The first kappa shape index (κ1) is 31.6. The van der Waals surface area contributed by atoms with Gasteiger partial charge in [-0.25, -0.2) is 18.2 Å². The van der Waals surface area contributed by atoms with Gasteiger partial charge >= 0.3 is 27.3 Å². The van der Waals surface area contributed by atoms with Crippen LogP contribution in [-0.2, 0) is 14.9 Å². The Morgan fingerprint density at radius 2 is 1.55 bits per heavy atom. The molecular weight excluding hydrogens is 683 g/mol. The summed E-state index contributed by atoms with van der Waals surface area (Å²) in [5.41, 5.74) is 3.26. The lowest BCUT2D eigenvalue weighted by Crippen LogP contribution is -3.61. The molecule has 0 saturated heterocycles. The number of aromatic nitrogens is 1. The van der Waals surface area contributed by atoms with Crippen LogP contribution in [0, 0.1) is 14.1 Å². The number of thiazole rings is 1. The number of carbonyl (C=O) groups excluding carboxylic acids is 1. The van der Waals surface area contributed by atoms with E-state index in [9.17, 15) is 17.8 Å². The molecule has 4 aromatic carbocycles. The molecule has 0 fully saturated rings. The topological polar surface area (TPSA) is 99.6 Å². The number of ether oxygens (including phenoxy) is 1. The minimum atomic E-state index is -4.27. The van der Waals surface area contributed by atoms with Gasteiger partial charge in [-0.05, 0) is 88.4 Å². The third kappa shape index (κ3) is 8.84. The predicted molar refractivity (Wildman–Crippen MR) is 163 cm³/mol. The fourth-order valence-corrected chi connectivity index (χ4v) is 7.66. The Labute approximate surface area is 261 Å². The van der Waals surface area contributed by atoms with Gasteiger partial charge in [0.05, 0.1) is 15.1 Å². The highest BCUT2D eigenvalue weighted by molar-refractivity contribution is 7.85. The second kappa shape index (κ2) is 13.3. The Morgan fingerprint density at radius 3 is 2.14 bits per heavy atom. The van der Waals surface area contributed by atoms with Crippen molar-refractivity contribution in [2.24, 2.45) is 0 Å². The van der Waals surface area contributed by atoms with Crippen LogP contribution in [0.3, 0.4) is 0 Å². The first-order valence-electron chi connectivity index (χ1n) is 13.0. The predicted octanol–water partition coefficient (Wildman–Crippen LogP) is 4.36. The summed E-state index contributed by atoms with van der Waals surface area (Å²) in [4.78, 5) is 18.4. The Balaban J connectivity index is 0.000000310. The molecule has 1 amide bonds. The van der Waals surface area contributed by atoms with Crippen molar-refractivity contribution in [3.8, 4) is 10.6 Å². The van der Waals surface area contributed by atoms with E-state index in [-0.39, 0.29) is 32.2 Å². The second-order valence-electron chi connectivity index (χ2n) is 10.4. The highest BCUT2D eigenvalue weighted by Crippen LogP contribution is 2.31. The van der Waals surface area contributed by atoms with Gasteiger partial charge in [0.2, 0.25) is 0 Å². The molecule has 1 aromatic heterocycles. The molecule has 1 heterocycles. The van der Waals surface area contributed by atoms with Crippen LogP contribution in [0.4, 0.5) is 10.5 Å². The molecule has 218 valence electrons. The van der Waals surface area contributed by atoms with Crippen LogP contribution < -0.4 is 26.1 Å². The SMILES string of the molecule is CN(C(=O)OC(C)(C)C)c1ccc(-c2nc3ccc([I+]c4ccccc4)cc3s2)cc1.Cc1ccc(S(=O)(=O)[O-])cc1. The van der Waals surface area contributed by atoms with Crippen LogP contribution in [0.15, 0.2) is 102 Å². The van der Waals surface area contributed by atoms with Crippen molar-refractivity contribution in [2.75, 3.05) is 11.9 Å². The molecule has 10 heteroatoms. The summed E-state index contributed by atoms with van der Waals surface area (Å²) in [6, 6.07) is 30.9. The number of anilines is 1. The van der Waals surface area contributed by atoms with E-state index in [0.29, 0.717) is 0 Å². The molecule has 0 unspecified atom stereocenters. The maximum absolute atomic E-state index is 12.3. The number of aryl methyl sites for hydroxylation is 1. The van der Waals surface area contributed by atoms with Crippen LogP contribution in [0.5, 0.6) is 0 Å². The van der Waals surface area contributed by atoms with E-state index >= 15 is 0 Å². The van der Waals surface area contributed by atoms with Crippen molar-refractivity contribution in [1.29, 1.82) is 0 Å². The lowest BCUT2D eigenvalue weighted by atomic mass is 10.2. The van der Waals surface area contributed by atoms with Crippen molar-refractivity contribution in [3.05, 3.63) is 110 Å². The summed E-state index contributed by atoms with van der Waals surface area (Å²) in [5.74, 6) is 0. The van der Waals surface area contributed by atoms with Crippen molar-refractivity contribution >= 4 is 43.5 Å². The Kier molecular flexibility index (Phi) is 10.0. The van der Waals surface area contributed by atoms with E-state index in [1.807, 2.05) is 52.0 Å². The Hall–Kier alpha value is -3.32. The van der Waals surface area contributed by atoms with Gasteiger partial charge in [0.25, 0.3) is 0 Å². The number of halogens is 1. The van der Waals surface area contributed by atoms with E-state index < -0.39 is 15.7 Å². The largest absolute Gasteiger partial charge is 0.744 e. The smallest absolute Gasteiger partial charge is 0.414 e. The number of hydrogen-bond acceptors (Lipinski definition) is 7. The molecule has 5 aromatic rings. The summed E-state index contributed by atoms with van der Waals surface area (Å²) >= 11 is 1.51. The summed E-state index contributed by atoms with van der Waals surface area (Å²) in [6.07, 6.45) is -0.366. The molecule has 0 saturated carbocycles. The van der Waals surface area contributed by atoms with E-state index in [2.05, 4.69) is 48.5 Å². The monoisotopic (exact) mass is 714 g/mol. The minimum absolute atomic E-state index is 0.178. The van der Waals surface area contributed by atoms with Gasteiger partial charge in [-0.15, -0.1) is 11.3 Å². The molecule has 0 atom stereocenters. The molecule has 7 nitrogen and oxygen atoms in total. The van der Waals surface area contributed by atoms with Crippen molar-refractivity contribution in [2.45, 2.75) is 38.2 Å². The number of carbonyl (C=O) groups is 1. The number of benzene rings is 4. The number of hydrogen-bond donors (Lipinski definition) is 0. The fraction of sp³-hybridized carbons (Fsp3) is 0.188. The molecule has 0 aliphatic carbocycles. The van der Waals surface area contributed by atoms with Gasteiger partial charge in [-0.1, -0.05) is 35.9 Å². The lowest BCUT2D eigenvalue weighted by Gasteiger charge is -2.24. The Morgan fingerprint density at radius 1 is 0.905 bits per heavy atom. The van der Waals surface area contributed by atoms with E-state index in [0.717, 1.165) is 27.3 Å². The summed E-state index contributed by atoms with van der Waals surface area (Å²) in [6.45, 7) is 7.41. The number of rotatable bonds is 5. The van der Waals surface area contributed by atoms with Crippen LogP contribution in [0.25, 0.3) is 20.8 Å². The highest BCUT2D eigenvalue weighted by Gasteiger charge is 2.21. The number of nitrogens with zero attached hydrogens (tertiary/aromatic N) is 2. The zero-order valence-electron chi connectivity index (χ0n) is 23.9. The molecule has 0 radical (unpaired) electrons. The van der Waals surface area contributed by atoms with Crippen LogP contribution in [-0.4, -0.2) is 36.7 Å².